The van der Waals surface area contributed by atoms with Gasteiger partial charge >= 0.3 is 17.9 Å². The van der Waals surface area contributed by atoms with Crippen LogP contribution in [0.25, 0.3) is 0 Å². The molecule has 136 valence electrons. The van der Waals surface area contributed by atoms with Gasteiger partial charge in [-0.25, -0.2) is 14.4 Å². The van der Waals surface area contributed by atoms with Gasteiger partial charge in [0.1, 0.15) is 12.7 Å². The summed E-state index contributed by atoms with van der Waals surface area (Å²) in [5.41, 5.74) is -0.255. The van der Waals surface area contributed by atoms with Gasteiger partial charge < -0.3 is 9.47 Å². The van der Waals surface area contributed by atoms with E-state index in [9.17, 15) is 14.4 Å². The smallest absolute Gasteiger partial charge is 0.375 e. The van der Waals surface area contributed by atoms with E-state index < -0.39 is 24.0 Å². The van der Waals surface area contributed by atoms with Crippen molar-refractivity contribution in [2.75, 3.05) is 6.61 Å². The molecule has 1 rings (SSSR count). The standard InChI is InChI=1S/C17H19ClO7/c1-4-6-11(9-23-15(19)10(2)3)24-16(20)12-7-5-8-13(18)14(12)17(21)25-22/h5,7-8,11,22H,2,4,6,9H2,1,3H3. The fourth-order valence-electron chi connectivity index (χ4n) is 1.95. The number of carbonyl (C=O) groups excluding carboxylic acids is 3. The SMILES string of the molecule is C=C(C)C(=O)OCC(CCC)OC(=O)c1cccc(Cl)c1C(=O)OO. The second-order valence-electron chi connectivity index (χ2n) is 5.24. The van der Waals surface area contributed by atoms with Crippen LogP contribution in [0.1, 0.15) is 47.4 Å². The first kappa shape index (κ1) is 20.7. The monoisotopic (exact) mass is 370 g/mol. The fourth-order valence-corrected chi connectivity index (χ4v) is 2.20. The van der Waals surface area contributed by atoms with Crippen molar-refractivity contribution in [3.63, 3.8) is 0 Å². The zero-order valence-electron chi connectivity index (χ0n) is 13.9. The molecular formula is C17H19ClO7. The van der Waals surface area contributed by atoms with E-state index in [0.717, 1.165) is 0 Å². The lowest BCUT2D eigenvalue weighted by molar-refractivity contribution is -0.182. The largest absolute Gasteiger partial charge is 0.458 e. The number of benzene rings is 1. The summed E-state index contributed by atoms with van der Waals surface area (Å²) in [5, 5.41) is 8.48. The van der Waals surface area contributed by atoms with Gasteiger partial charge in [-0.05, 0) is 25.5 Å². The Labute approximate surface area is 150 Å². The summed E-state index contributed by atoms with van der Waals surface area (Å²) >= 11 is 5.88. The number of rotatable bonds is 8. The van der Waals surface area contributed by atoms with Crippen LogP contribution in [0.3, 0.4) is 0 Å². The Hall–Kier alpha value is -2.38. The lowest BCUT2D eigenvalue weighted by Gasteiger charge is -2.18. The van der Waals surface area contributed by atoms with Crippen LogP contribution >= 0.6 is 11.6 Å². The van der Waals surface area contributed by atoms with Crippen LogP contribution < -0.4 is 0 Å². The van der Waals surface area contributed by atoms with Gasteiger partial charge in [-0.3, -0.25) is 4.89 Å². The molecule has 0 fully saturated rings. The molecule has 1 unspecified atom stereocenters. The van der Waals surface area contributed by atoms with E-state index >= 15 is 0 Å². The first-order valence-electron chi connectivity index (χ1n) is 7.49. The fraction of sp³-hybridized carbons (Fsp3) is 0.353. The van der Waals surface area contributed by atoms with E-state index in [1.807, 2.05) is 6.92 Å². The predicted octanol–water partition coefficient (Wildman–Crippen LogP) is 3.41. The van der Waals surface area contributed by atoms with Crippen molar-refractivity contribution in [2.45, 2.75) is 32.8 Å². The average Bonchev–Trinajstić information content (AvgIpc) is 2.58. The molecule has 0 spiro atoms. The Morgan fingerprint density at radius 2 is 1.96 bits per heavy atom. The molecular weight excluding hydrogens is 352 g/mol. The number of hydrogen-bond acceptors (Lipinski definition) is 7. The molecule has 8 heteroatoms. The highest BCUT2D eigenvalue weighted by Gasteiger charge is 2.25. The summed E-state index contributed by atoms with van der Waals surface area (Å²) in [5.74, 6) is -2.63. The summed E-state index contributed by atoms with van der Waals surface area (Å²) in [6.07, 6.45) is 0.400. The van der Waals surface area contributed by atoms with Gasteiger partial charge in [0, 0.05) is 5.57 Å². The minimum atomic E-state index is -1.18. The zero-order chi connectivity index (χ0) is 19.0. The van der Waals surface area contributed by atoms with Crippen LogP contribution in [0.2, 0.25) is 5.02 Å². The van der Waals surface area contributed by atoms with Gasteiger partial charge in [-0.15, -0.1) is 0 Å². The molecule has 0 aliphatic carbocycles. The van der Waals surface area contributed by atoms with Gasteiger partial charge in [0.05, 0.1) is 16.1 Å². The van der Waals surface area contributed by atoms with E-state index in [1.165, 1.54) is 25.1 Å². The number of halogens is 1. The van der Waals surface area contributed by atoms with Crippen molar-refractivity contribution in [1.29, 1.82) is 0 Å². The van der Waals surface area contributed by atoms with Crippen molar-refractivity contribution < 1.29 is 34.0 Å². The molecule has 0 saturated carbocycles. The number of esters is 2. The van der Waals surface area contributed by atoms with Gasteiger partial charge in [0.15, 0.2) is 0 Å². The lowest BCUT2D eigenvalue weighted by Crippen LogP contribution is -2.26. The quantitative estimate of drug-likeness (QED) is 0.246. The van der Waals surface area contributed by atoms with Gasteiger partial charge in [0.25, 0.3) is 0 Å². The molecule has 0 amide bonds. The Morgan fingerprint density at radius 3 is 2.52 bits per heavy atom. The van der Waals surface area contributed by atoms with Gasteiger partial charge in [-0.1, -0.05) is 37.6 Å². The number of hydrogen-bond donors (Lipinski definition) is 1. The highest BCUT2D eigenvalue weighted by atomic mass is 35.5. The van der Waals surface area contributed by atoms with Crippen molar-refractivity contribution in [2.24, 2.45) is 0 Å². The summed E-state index contributed by atoms with van der Waals surface area (Å²) in [4.78, 5) is 39.1. The normalized spacial score (nSPS) is 11.4. The van der Waals surface area contributed by atoms with E-state index in [2.05, 4.69) is 11.5 Å². The molecule has 0 aliphatic rings. The lowest BCUT2D eigenvalue weighted by atomic mass is 10.1. The maximum absolute atomic E-state index is 12.4. The Morgan fingerprint density at radius 1 is 1.28 bits per heavy atom. The molecule has 7 nitrogen and oxygen atoms in total. The van der Waals surface area contributed by atoms with Crippen molar-refractivity contribution in [1.82, 2.24) is 0 Å². The Balaban J connectivity index is 2.94. The molecule has 1 aromatic rings. The van der Waals surface area contributed by atoms with Crippen LogP contribution in [0.4, 0.5) is 0 Å². The summed E-state index contributed by atoms with van der Waals surface area (Å²) in [6.45, 7) is 6.69. The predicted molar refractivity (Wildman–Crippen MR) is 89.4 cm³/mol. The summed E-state index contributed by atoms with van der Waals surface area (Å²) in [7, 11) is 0. The zero-order valence-corrected chi connectivity index (χ0v) is 14.7. The van der Waals surface area contributed by atoms with Gasteiger partial charge in [0.2, 0.25) is 0 Å². The molecule has 25 heavy (non-hydrogen) atoms. The minimum Gasteiger partial charge on any atom is -0.458 e. The molecule has 0 aliphatic heterocycles. The van der Waals surface area contributed by atoms with Crippen molar-refractivity contribution >= 4 is 29.5 Å². The molecule has 0 heterocycles. The first-order valence-corrected chi connectivity index (χ1v) is 7.87. The van der Waals surface area contributed by atoms with Gasteiger partial charge in [-0.2, -0.15) is 5.26 Å². The van der Waals surface area contributed by atoms with Crippen molar-refractivity contribution in [3.8, 4) is 0 Å². The minimum absolute atomic E-state index is 0.0748. The third-order valence-electron chi connectivity index (χ3n) is 3.15. The first-order chi connectivity index (χ1) is 11.8. The molecule has 0 radical (unpaired) electrons. The van der Waals surface area contributed by atoms with E-state index in [4.69, 9.17) is 26.3 Å². The summed E-state index contributed by atoms with van der Waals surface area (Å²) in [6, 6.07) is 4.12. The van der Waals surface area contributed by atoms with E-state index in [1.54, 1.807) is 0 Å². The van der Waals surface area contributed by atoms with Crippen LogP contribution in [-0.2, 0) is 19.2 Å². The highest BCUT2D eigenvalue weighted by Crippen LogP contribution is 2.22. The van der Waals surface area contributed by atoms with Crippen LogP contribution in [0, 0.1) is 0 Å². The molecule has 1 N–H and O–H groups in total. The van der Waals surface area contributed by atoms with Crippen LogP contribution in [-0.4, -0.2) is 35.9 Å². The van der Waals surface area contributed by atoms with E-state index in [0.29, 0.717) is 12.8 Å². The third kappa shape index (κ3) is 5.88. The molecule has 0 bridgehead atoms. The Bertz CT molecular complexity index is 669. The highest BCUT2D eigenvalue weighted by molar-refractivity contribution is 6.34. The molecule has 1 atom stereocenters. The Kier molecular flexibility index (Phi) is 8.10. The second-order valence-corrected chi connectivity index (χ2v) is 5.64. The average molecular weight is 371 g/mol. The van der Waals surface area contributed by atoms with Crippen molar-refractivity contribution in [3.05, 3.63) is 46.5 Å². The second kappa shape index (κ2) is 9.80. The summed E-state index contributed by atoms with van der Waals surface area (Å²) < 4.78 is 10.3. The maximum atomic E-state index is 12.4. The molecule has 0 aromatic heterocycles. The van der Waals surface area contributed by atoms with Crippen LogP contribution in [0.15, 0.2) is 30.4 Å². The third-order valence-corrected chi connectivity index (χ3v) is 3.47. The van der Waals surface area contributed by atoms with Crippen LogP contribution in [0.5, 0.6) is 0 Å². The number of ether oxygens (including phenoxy) is 2. The molecule has 1 aromatic carbocycles. The topological polar surface area (TPSA) is 99.1 Å². The maximum Gasteiger partial charge on any atom is 0.375 e. The number of carbonyl (C=O) groups is 3. The molecule has 0 saturated heterocycles. The van der Waals surface area contributed by atoms with E-state index in [-0.39, 0.29) is 28.3 Å².